The minimum atomic E-state index is -0.117. The van der Waals surface area contributed by atoms with Crippen molar-refractivity contribution < 1.29 is 14.3 Å². The molecule has 5 heteroatoms. The topological polar surface area (TPSA) is 47.6 Å². The number of ether oxygens (including phenoxy) is 2. The van der Waals surface area contributed by atoms with E-state index in [0.29, 0.717) is 41.8 Å². The van der Waals surface area contributed by atoms with Crippen LogP contribution in [0.3, 0.4) is 0 Å². The Bertz CT molecular complexity index is 713. The van der Waals surface area contributed by atoms with Gasteiger partial charge in [0.25, 0.3) is 5.91 Å². The fraction of sp³-hybridized carbons (Fsp3) is 0.278. The number of carbonyl (C=O) groups excluding carboxylic acids is 1. The van der Waals surface area contributed by atoms with Crippen molar-refractivity contribution in [2.75, 3.05) is 13.2 Å². The molecule has 1 aliphatic rings. The van der Waals surface area contributed by atoms with Crippen LogP contribution in [0.15, 0.2) is 36.4 Å². The first kappa shape index (κ1) is 15.7. The number of benzene rings is 2. The summed E-state index contributed by atoms with van der Waals surface area (Å²) in [7, 11) is 0. The Hall–Kier alpha value is -2.20. The minimum Gasteiger partial charge on any atom is -0.489 e. The van der Waals surface area contributed by atoms with Gasteiger partial charge >= 0.3 is 0 Å². The predicted octanol–water partition coefficient (Wildman–Crippen LogP) is 3.74. The van der Waals surface area contributed by atoms with Crippen molar-refractivity contribution in [1.29, 1.82) is 0 Å². The molecule has 3 rings (SSSR count). The van der Waals surface area contributed by atoms with Crippen LogP contribution in [0, 0.1) is 6.92 Å². The quantitative estimate of drug-likeness (QED) is 0.932. The maximum Gasteiger partial charge on any atom is 0.251 e. The van der Waals surface area contributed by atoms with E-state index in [9.17, 15) is 4.79 Å². The molecule has 0 fully saturated rings. The third kappa shape index (κ3) is 3.77. The van der Waals surface area contributed by atoms with E-state index in [4.69, 9.17) is 21.1 Å². The second-order valence-corrected chi connectivity index (χ2v) is 5.91. The molecule has 2 aromatic carbocycles. The lowest BCUT2D eigenvalue weighted by Gasteiger charge is -2.12. The predicted molar refractivity (Wildman–Crippen MR) is 89.4 cm³/mol. The van der Waals surface area contributed by atoms with Crippen LogP contribution in [-0.2, 0) is 6.54 Å². The molecule has 1 N–H and O–H groups in total. The van der Waals surface area contributed by atoms with E-state index in [-0.39, 0.29) is 5.91 Å². The molecule has 1 aliphatic heterocycles. The lowest BCUT2D eigenvalue weighted by atomic mass is 10.1. The lowest BCUT2D eigenvalue weighted by Crippen LogP contribution is -2.22. The highest BCUT2D eigenvalue weighted by molar-refractivity contribution is 6.32. The molecular weight excluding hydrogens is 314 g/mol. The highest BCUT2D eigenvalue weighted by Crippen LogP contribution is 2.37. The fourth-order valence-electron chi connectivity index (χ4n) is 2.38. The SMILES string of the molecule is Cc1ccc(C(=O)NCc2cc(Cl)c3c(c2)OCCCO3)cc1. The summed E-state index contributed by atoms with van der Waals surface area (Å²) in [5.41, 5.74) is 2.63. The van der Waals surface area contributed by atoms with E-state index in [0.717, 1.165) is 17.5 Å². The number of hydrogen-bond donors (Lipinski definition) is 1. The Labute approximate surface area is 140 Å². The van der Waals surface area contributed by atoms with Crippen LogP contribution in [0.1, 0.15) is 27.9 Å². The summed E-state index contributed by atoms with van der Waals surface area (Å²) < 4.78 is 11.2. The van der Waals surface area contributed by atoms with E-state index in [1.165, 1.54) is 0 Å². The molecule has 0 aromatic heterocycles. The maximum atomic E-state index is 12.2. The number of rotatable bonds is 3. The number of aryl methyl sites for hydroxylation is 1. The van der Waals surface area contributed by atoms with Crippen molar-refractivity contribution >= 4 is 17.5 Å². The lowest BCUT2D eigenvalue weighted by molar-refractivity contribution is 0.0951. The molecular formula is C18H18ClNO3. The third-order valence-corrected chi connectivity index (χ3v) is 3.91. The molecule has 0 bridgehead atoms. The smallest absolute Gasteiger partial charge is 0.251 e. The Balaban J connectivity index is 1.71. The Morgan fingerprint density at radius 1 is 1.17 bits per heavy atom. The average Bonchev–Trinajstić information content (AvgIpc) is 2.79. The molecule has 0 saturated carbocycles. The van der Waals surface area contributed by atoms with Crippen molar-refractivity contribution in [2.45, 2.75) is 19.9 Å². The molecule has 2 aromatic rings. The van der Waals surface area contributed by atoms with Crippen molar-refractivity contribution in [3.8, 4) is 11.5 Å². The second kappa shape index (κ2) is 6.92. The summed E-state index contributed by atoms with van der Waals surface area (Å²) in [5.74, 6) is 1.10. The standard InChI is InChI=1S/C18H18ClNO3/c1-12-3-5-14(6-4-12)18(21)20-11-13-9-15(19)17-16(10-13)22-7-2-8-23-17/h3-6,9-10H,2,7-8,11H2,1H3,(H,20,21). The second-order valence-electron chi connectivity index (χ2n) is 5.50. The van der Waals surface area contributed by atoms with E-state index in [1.54, 1.807) is 6.07 Å². The first-order valence-electron chi connectivity index (χ1n) is 7.56. The molecule has 0 aliphatic carbocycles. The molecule has 120 valence electrons. The highest BCUT2D eigenvalue weighted by Gasteiger charge is 2.16. The van der Waals surface area contributed by atoms with Gasteiger partial charge in [-0.2, -0.15) is 0 Å². The largest absolute Gasteiger partial charge is 0.489 e. The van der Waals surface area contributed by atoms with Crippen LogP contribution in [0.5, 0.6) is 11.5 Å². The summed E-state index contributed by atoms with van der Waals surface area (Å²) in [6.45, 7) is 3.56. The van der Waals surface area contributed by atoms with Gasteiger partial charge in [-0.05, 0) is 36.8 Å². The van der Waals surface area contributed by atoms with Gasteiger partial charge in [0.15, 0.2) is 11.5 Å². The first-order chi connectivity index (χ1) is 11.1. The minimum absolute atomic E-state index is 0.117. The van der Waals surface area contributed by atoms with Crippen molar-refractivity contribution in [1.82, 2.24) is 5.32 Å². The highest BCUT2D eigenvalue weighted by atomic mass is 35.5. The van der Waals surface area contributed by atoms with E-state index in [2.05, 4.69) is 5.32 Å². The van der Waals surface area contributed by atoms with Crippen molar-refractivity contribution in [3.63, 3.8) is 0 Å². The summed E-state index contributed by atoms with van der Waals surface area (Å²) in [4.78, 5) is 12.2. The number of hydrogen-bond acceptors (Lipinski definition) is 3. The van der Waals surface area contributed by atoms with Crippen LogP contribution in [0.4, 0.5) is 0 Å². The first-order valence-corrected chi connectivity index (χ1v) is 7.94. The van der Waals surface area contributed by atoms with Crippen LogP contribution in [0.25, 0.3) is 0 Å². The molecule has 0 atom stereocenters. The monoisotopic (exact) mass is 331 g/mol. The van der Waals surface area contributed by atoms with Crippen LogP contribution >= 0.6 is 11.6 Å². The molecule has 0 radical (unpaired) electrons. The number of nitrogens with one attached hydrogen (secondary N) is 1. The van der Waals surface area contributed by atoms with E-state index < -0.39 is 0 Å². The molecule has 4 nitrogen and oxygen atoms in total. The summed E-state index contributed by atoms with van der Waals surface area (Å²) in [6, 6.07) is 11.1. The maximum absolute atomic E-state index is 12.2. The third-order valence-electron chi connectivity index (χ3n) is 3.63. The van der Waals surface area contributed by atoms with Crippen molar-refractivity contribution in [2.24, 2.45) is 0 Å². The van der Waals surface area contributed by atoms with Gasteiger partial charge in [-0.25, -0.2) is 0 Å². The normalized spacial score (nSPS) is 13.3. The average molecular weight is 332 g/mol. The zero-order valence-corrected chi connectivity index (χ0v) is 13.7. The Kier molecular flexibility index (Phi) is 4.72. The summed E-state index contributed by atoms with van der Waals surface area (Å²) in [6.07, 6.45) is 0.824. The van der Waals surface area contributed by atoms with Crippen LogP contribution in [-0.4, -0.2) is 19.1 Å². The number of carbonyl (C=O) groups is 1. The van der Waals surface area contributed by atoms with Gasteiger partial charge in [0.05, 0.1) is 18.2 Å². The van der Waals surface area contributed by atoms with Gasteiger partial charge in [-0.15, -0.1) is 0 Å². The van der Waals surface area contributed by atoms with Gasteiger partial charge in [-0.3, -0.25) is 4.79 Å². The molecule has 0 saturated heterocycles. The zero-order valence-electron chi connectivity index (χ0n) is 12.9. The number of fused-ring (bicyclic) bond motifs is 1. The number of amides is 1. The van der Waals surface area contributed by atoms with Gasteiger partial charge in [-0.1, -0.05) is 29.3 Å². The zero-order chi connectivity index (χ0) is 16.2. The van der Waals surface area contributed by atoms with Gasteiger partial charge in [0, 0.05) is 18.5 Å². The Morgan fingerprint density at radius 3 is 2.70 bits per heavy atom. The van der Waals surface area contributed by atoms with Gasteiger partial charge < -0.3 is 14.8 Å². The van der Waals surface area contributed by atoms with Gasteiger partial charge in [0.2, 0.25) is 0 Å². The molecule has 23 heavy (non-hydrogen) atoms. The van der Waals surface area contributed by atoms with Crippen LogP contribution < -0.4 is 14.8 Å². The molecule has 0 unspecified atom stereocenters. The molecule has 0 spiro atoms. The summed E-state index contributed by atoms with van der Waals surface area (Å²) >= 11 is 6.25. The molecule has 1 heterocycles. The Morgan fingerprint density at radius 2 is 1.91 bits per heavy atom. The van der Waals surface area contributed by atoms with Crippen molar-refractivity contribution in [3.05, 3.63) is 58.1 Å². The van der Waals surface area contributed by atoms with E-state index in [1.807, 2.05) is 37.3 Å². The number of halogens is 1. The fourth-order valence-corrected chi connectivity index (χ4v) is 2.66. The summed E-state index contributed by atoms with van der Waals surface area (Å²) in [5, 5.41) is 3.39. The molecule has 1 amide bonds. The van der Waals surface area contributed by atoms with Gasteiger partial charge in [0.1, 0.15) is 0 Å². The van der Waals surface area contributed by atoms with E-state index >= 15 is 0 Å². The van der Waals surface area contributed by atoms with Crippen LogP contribution in [0.2, 0.25) is 5.02 Å².